The van der Waals surface area contributed by atoms with Gasteiger partial charge in [-0.1, -0.05) is 18.2 Å². The fourth-order valence-electron chi connectivity index (χ4n) is 2.94. The van der Waals surface area contributed by atoms with Gasteiger partial charge in [0.25, 0.3) is 5.91 Å². The first kappa shape index (κ1) is 17.7. The summed E-state index contributed by atoms with van der Waals surface area (Å²) in [4.78, 5) is 14.5. The molecule has 1 aromatic carbocycles. The van der Waals surface area contributed by atoms with Crippen molar-refractivity contribution in [1.29, 1.82) is 0 Å². The van der Waals surface area contributed by atoms with Gasteiger partial charge >= 0.3 is 0 Å². The Hall–Kier alpha value is -2.16. The van der Waals surface area contributed by atoms with E-state index in [4.69, 9.17) is 4.74 Å². The Bertz CT molecular complexity index is 833. The zero-order valence-corrected chi connectivity index (χ0v) is 14.8. The van der Waals surface area contributed by atoms with Crippen LogP contribution in [0.25, 0.3) is 0 Å². The van der Waals surface area contributed by atoms with E-state index in [0.29, 0.717) is 25.4 Å². The Morgan fingerprint density at radius 1 is 1.20 bits per heavy atom. The van der Waals surface area contributed by atoms with Gasteiger partial charge in [-0.15, -0.1) is 0 Å². The monoisotopic (exact) mass is 363 g/mol. The van der Waals surface area contributed by atoms with Crippen molar-refractivity contribution in [2.75, 3.05) is 26.8 Å². The van der Waals surface area contributed by atoms with Crippen molar-refractivity contribution >= 4 is 15.9 Å². The van der Waals surface area contributed by atoms with Gasteiger partial charge in [-0.2, -0.15) is 0 Å². The van der Waals surface area contributed by atoms with Crippen LogP contribution >= 0.6 is 0 Å². The molecule has 0 spiro atoms. The predicted octanol–water partition coefficient (Wildman–Crippen LogP) is 0.937. The van der Waals surface area contributed by atoms with Crippen LogP contribution in [0.1, 0.15) is 10.5 Å². The molecule has 1 aromatic heterocycles. The van der Waals surface area contributed by atoms with Crippen molar-refractivity contribution in [1.82, 2.24) is 14.2 Å². The first-order valence-corrected chi connectivity index (χ1v) is 9.51. The molecule has 0 radical (unpaired) electrons. The van der Waals surface area contributed by atoms with Crippen LogP contribution in [-0.4, -0.2) is 56.6 Å². The zero-order valence-electron chi connectivity index (χ0n) is 14.0. The number of aromatic nitrogens is 1. The lowest BCUT2D eigenvalue weighted by Gasteiger charge is -2.36. The van der Waals surface area contributed by atoms with Crippen LogP contribution < -0.4 is 4.72 Å². The summed E-state index contributed by atoms with van der Waals surface area (Å²) in [6, 6.07) is 11.5. The minimum Gasteiger partial charge on any atom is -0.383 e. The van der Waals surface area contributed by atoms with Gasteiger partial charge < -0.3 is 14.2 Å². The molecule has 1 aliphatic rings. The molecule has 0 saturated carbocycles. The number of nitrogens with one attached hydrogen (secondary N) is 1. The van der Waals surface area contributed by atoms with Gasteiger partial charge in [-0.05, 0) is 24.3 Å². The molecule has 1 unspecified atom stereocenters. The molecule has 3 rings (SSSR count). The lowest BCUT2D eigenvalue weighted by Crippen LogP contribution is -2.53. The van der Waals surface area contributed by atoms with E-state index in [-0.39, 0.29) is 23.4 Å². The van der Waals surface area contributed by atoms with E-state index < -0.39 is 10.0 Å². The van der Waals surface area contributed by atoms with E-state index >= 15 is 0 Å². The first-order valence-electron chi connectivity index (χ1n) is 8.02. The molecule has 7 nitrogen and oxygen atoms in total. The molecule has 1 N–H and O–H groups in total. The molecule has 1 aliphatic heterocycles. The van der Waals surface area contributed by atoms with E-state index in [1.165, 1.54) is 0 Å². The van der Waals surface area contributed by atoms with Gasteiger partial charge in [0.2, 0.25) is 10.0 Å². The van der Waals surface area contributed by atoms with E-state index in [0.717, 1.165) is 0 Å². The van der Waals surface area contributed by atoms with Crippen LogP contribution in [0.3, 0.4) is 0 Å². The second kappa shape index (κ2) is 7.38. The van der Waals surface area contributed by atoms with Crippen LogP contribution in [-0.2, 0) is 21.3 Å². The van der Waals surface area contributed by atoms with Crippen molar-refractivity contribution in [3.05, 3.63) is 54.4 Å². The van der Waals surface area contributed by atoms with Crippen LogP contribution in [0.4, 0.5) is 0 Å². The Morgan fingerprint density at radius 3 is 2.68 bits per heavy atom. The molecule has 1 amide bonds. The highest BCUT2D eigenvalue weighted by Gasteiger charge is 2.32. The molecule has 25 heavy (non-hydrogen) atoms. The number of methoxy groups -OCH3 is 1. The van der Waals surface area contributed by atoms with Gasteiger partial charge in [-0.25, -0.2) is 13.1 Å². The van der Waals surface area contributed by atoms with Gasteiger partial charge in [-0.3, -0.25) is 4.79 Å². The molecule has 134 valence electrons. The second-order valence-corrected chi connectivity index (χ2v) is 7.62. The van der Waals surface area contributed by atoms with Crippen LogP contribution in [0, 0.1) is 0 Å². The molecule has 2 aromatic rings. The third-order valence-electron chi connectivity index (χ3n) is 4.26. The maximum absolute atomic E-state index is 12.7. The lowest BCUT2D eigenvalue weighted by molar-refractivity contribution is 0.0518. The summed E-state index contributed by atoms with van der Waals surface area (Å²) in [6.07, 6.45) is 1.83. The number of carbonyl (C=O) groups is 1. The Labute approximate surface area is 147 Å². The highest BCUT2D eigenvalue weighted by atomic mass is 32.2. The minimum absolute atomic E-state index is 0.114. The van der Waals surface area contributed by atoms with Gasteiger partial charge in [0.05, 0.1) is 17.5 Å². The number of nitrogens with zero attached hydrogens (tertiary/aromatic N) is 2. The lowest BCUT2D eigenvalue weighted by atomic mass is 10.1. The van der Waals surface area contributed by atoms with E-state index in [1.54, 1.807) is 48.4 Å². The number of sulfonamides is 1. The van der Waals surface area contributed by atoms with Crippen molar-refractivity contribution in [3.63, 3.8) is 0 Å². The molecule has 8 heteroatoms. The quantitative estimate of drug-likeness (QED) is 0.794. The maximum Gasteiger partial charge on any atom is 0.270 e. The summed E-state index contributed by atoms with van der Waals surface area (Å²) in [5, 5.41) is 0. The Morgan fingerprint density at radius 2 is 1.96 bits per heavy atom. The second-order valence-electron chi connectivity index (χ2n) is 5.86. The number of hydrogen-bond acceptors (Lipinski definition) is 4. The number of benzene rings is 1. The minimum atomic E-state index is -3.61. The molecular weight excluding hydrogens is 342 g/mol. The highest BCUT2D eigenvalue weighted by molar-refractivity contribution is 7.89. The summed E-state index contributed by atoms with van der Waals surface area (Å²) in [7, 11) is -2.04. The molecule has 0 saturated heterocycles. The van der Waals surface area contributed by atoms with Gasteiger partial charge in [0.1, 0.15) is 5.69 Å². The Kier molecular flexibility index (Phi) is 5.22. The van der Waals surface area contributed by atoms with Gasteiger partial charge in [0, 0.05) is 32.9 Å². The summed E-state index contributed by atoms with van der Waals surface area (Å²) in [5.74, 6) is -0.114. The number of amides is 1. The van der Waals surface area contributed by atoms with Crippen molar-refractivity contribution in [2.24, 2.45) is 0 Å². The third-order valence-corrected chi connectivity index (χ3v) is 5.70. The fraction of sp³-hybridized carbons (Fsp3) is 0.353. The normalized spacial score (nSPS) is 17.6. The van der Waals surface area contributed by atoms with Crippen LogP contribution in [0.2, 0.25) is 0 Å². The van der Waals surface area contributed by atoms with E-state index in [9.17, 15) is 13.2 Å². The number of rotatable bonds is 7. The van der Waals surface area contributed by atoms with Crippen LogP contribution in [0.5, 0.6) is 0 Å². The fourth-order valence-corrected chi connectivity index (χ4v) is 4.04. The summed E-state index contributed by atoms with van der Waals surface area (Å²) >= 11 is 0. The summed E-state index contributed by atoms with van der Waals surface area (Å²) in [5.41, 5.74) is 0.610. The van der Waals surface area contributed by atoms with Gasteiger partial charge in [0.15, 0.2) is 0 Å². The molecule has 0 fully saturated rings. The molecule has 0 bridgehead atoms. The summed E-state index contributed by atoms with van der Waals surface area (Å²) in [6.45, 7) is 1.49. The van der Waals surface area contributed by atoms with E-state index in [1.807, 2.05) is 16.8 Å². The predicted molar refractivity (Wildman–Crippen MR) is 92.8 cm³/mol. The topological polar surface area (TPSA) is 80.6 Å². The molecule has 0 aliphatic carbocycles. The third kappa shape index (κ3) is 3.76. The Balaban J connectivity index is 1.76. The average molecular weight is 363 g/mol. The standard InChI is InChI=1S/C17H21N3O4S/c1-24-11-10-20-14(13-19-9-5-8-16(19)17(20)21)12-18-25(22,23)15-6-3-2-4-7-15/h2-9,14,18H,10-13H2,1H3. The number of carbonyl (C=O) groups excluding carboxylic acids is 1. The van der Waals surface area contributed by atoms with Crippen LogP contribution in [0.15, 0.2) is 53.6 Å². The molecular formula is C17H21N3O4S. The number of fused-ring (bicyclic) bond motifs is 1. The van der Waals surface area contributed by atoms with E-state index in [2.05, 4.69) is 4.72 Å². The SMILES string of the molecule is COCCN1C(=O)c2cccn2CC1CNS(=O)(=O)c1ccccc1. The first-order chi connectivity index (χ1) is 12.0. The maximum atomic E-state index is 12.7. The van der Waals surface area contributed by atoms with Crippen molar-refractivity contribution in [3.8, 4) is 0 Å². The largest absolute Gasteiger partial charge is 0.383 e. The average Bonchev–Trinajstić information content (AvgIpc) is 3.09. The van der Waals surface area contributed by atoms with Crippen molar-refractivity contribution in [2.45, 2.75) is 17.5 Å². The zero-order chi connectivity index (χ0) is 17.9. The number of ether oxygens (including phenoxy) is 1. The van der Waals surface area contributed by atoms with Crippen molar-refractivity contribution < 1.29 is 17.9 Å². The molecule has 1 atom stereocenters. The summed E-state index contributed by atoms with van der Waals surface area (Å²) < 4.78 is 34.4. The highest BCUT2D eigenvalue weighted by Crippen LogP contribution is 2.18. The molecule has 2 heterocycles. The number of hydrogen-bond donors (Lipinski definition) is 1. The smallest absolute Gasteiger partial charge is 0.270 e.